The smallest absolute Gasteiger partial charge is 0.148 e. The van der Waals surface area contributed by atoms with Crippen LogP contribution < -0.4 is 0 Å². The molecule has 0 N–H and O–H groups in total. The Morgan fingerprint density at radius 2 is 2.50 bits per heavy atom. The minimum atomic E-state index is 0.450. The van der Waals surface area contributed by atoms with E-state index in [-0.39, 0.29) is 0 Å². The molecule has 5 heteroatoms. The Labute approximate surface area is 58.3 Å². The maximum atomic E-state index is 8.22. The monoisotopic (exact) mass is 137 g/mol. The number of aromatic nitrogens is 4. The fraction of sp³-hybridized carbons (Fsp3) is 0.600. The molecule has 0 bridgehead atoms. The molecule has 0 fully saturated rings. The Morgan fingerprint density at radius 3 is 3.00 bits per heavy atom. The van der Waals surface area contributed by atoms with Crippen LogP contribution in [0.5, 0.6) is 0 Å². The summed E-state index contributed by atoms with van der Waals surface area (Å²) < 4.78 is 1.60. The summed E-state index contributed by atoms with van der Waals surface area (Å²) in [7, 11) is 0. The normalized spacial score (nSPS) is 9.20. The van der Waals surface area contributed by atoms with Crippen molar-refractivity contribution in [1.29, 1.82) is 5.26 Å². The van der Waals surface area contributed by atoms with E-state index in [1.165, 1.54) is 0 Å². The molecule has 1 heterocycles. The van der Waals surface area contributed by atoms with Gasteiger partial charge in [0.25, 0.3) is 0 Å². The summed E-state index contributed by atoms with van der Waals surface area (Å²) in [5, 5.41) is 19.0. The van der Waals surface area contributed by atoms with Crippen molar-refractivity contribution in [2.45, 2.75) is 19.9 Å². The highest BCUT2D eigenvalue weighted by molar-refractivity contribution is 4.76. The van der Waals surface area contributed by atoms with Crippen LogP contribution >= 0.6 is 0 Å². The van der Waals surface area contributed by atoms with E-state index in [1.807, 2.05) is 6.07 Å². The van der Waals surface area contributed by atoms with Crippen molar-refractivity contribution < 1.29 is 0 Å². The Morgan fingerprint density at radius 1 is 1.70 bits per heavy atom. The molecule has 1 aromatic heterocycles. The van der Waals surface area contributed by atoms with Crippen molar-refractivity contribution in [2.75, 3.05) is 0 Å². The molecule has 0 aromatic carbocycles. The molecular weight excluding hydrogens is 130 g/mol. The van der Waals surface area contributed by atoms with Gasteiger partial charge in [0.1, 0.15) is 5.82 Å². The quantitative estimate of drug-likeness (QED) is 0.570. The lowest BCUT2D eigenvalue weighted by molar-refractivity contribution is 0.586. The Balaban J connectivity index is 2.59. The lowest BCUT2D eigenvalue weighted by Crippen LogP contribution is -2.01. The molecule has 0 atom stereocenters. The SMILES string of the molecule is Cc1nnnn1CCC#N. The maximum absolute atomic E-state index is 8.22. The first-order valence-corrected chi connectivity index (χ1v) is 2.94. The van der Waals surface area contributed by atoms with E-state index in [0.717, 1.165) is 5.82 Å². The Kier molecular flexibility index (Phi) is 1.95. The molecule has 5 nitrogen and oxygen atoms in total. The summed E-state index contributed by atoms with van der Waals surface area (Å²) in [5.41, 5.74) is 0. The predicted molar refractivity (Wildman–Crippen MR) is 32.8 cm³/mol. The minimum Gasteiger partial charge on any atom is -0.229 e. The first-order valence-electron chi connectivity index (χ1n) is 2.94. The van der Waals surface area contributed by atoms with E-state index in [0.29, 0.717) is 13.0 Å². The van der Waals surface area contributed by atoms with Crippen LogP contribution in [0.4, 0.5) is 0 Å². The molecule has 0 saturated heterocycles. The third-order valence-corrected chi connectivity index (χ3v) is 1.15. The van der Waals surface area contributed by atoms with Crippen LogP contribution in [-0.4, -0.2) is 20.2 Å². The highest BCUT2D eigenvalue weighted by Crippen LogP contribution is 1.89. The highest BCUT2D eigenvalue weighted by atomic mass is 15.5. The molecular formula is C5H7N5. The van der Waals surface area contributed by atoms with Gasteiger partial charge in [-0.2, -0.15) is 5.26 Å². The largest absolute Gasteiger partial charge is 0.229 e. The van der Waals surface area contributed by atoms with Crippen LogP contribution in [0.1, 0.15) is 12.2 Å². The third kappa shape index (κ3) is 1.29. The molecule has 10 heavy (non-hydrogen) atoms. The molecule has 1 aromatic rings. The first kappa shape index (κ1) is 6.68. The lowest BCUT2D eigenvalue weighted by Gasteiger charge is -1.93. The zero-order valence-electron chi connectivity index (χ0n) is 5.65. The van der Waals surface area contributed by atoms with E-state index in [9.17, 15) is 0 Å². The summed E-state index contributed by atoms with van der Waals surface area (Å²) in [4.78, 5) is 0. The fourth-order valence-electron chi connectivity index (χ4n) is 0.612. The second kappa shape index (κ2) is 2.92. The number of nitriles is 1. The average Bonchev–Trinajstić information content (AvgIpc) is 2.31. The number of tetrazole rings is 1. The second-order valence-electron chi connectivity index (χ2n) is 1.86. The molecule has 52 valence electrons. The molecule has 0 radical (unpaired) electrons. The third-order valence-electron chi connectivity index (χ3n) is 1.15. The number of aryl methyl sites for hydroxylation is 2. The van der Waals surface area contributed by atoms with Gasteiger partial charge < -0.3 is 0 Å². The van der Waals surface area contributed by atoms with E-state index >= 15 is 0 Å². The number of hydrogen-bond acceptors (Lipinski definition) is 4. The molecule has 0 aliphatic rings. The van der Waals surface area contributed by atoms with Crippen LogP contribution in [0.25, 0.3) is 0 Å². The molecule has 0 saturated carbocycles. The predicted octanol–water partition coefficient (Wildman–Crippen LogP) is -0.105. The summed E-state index contributed by atoms with van der Waals surface area (Å²) in [5.74, 6) is 0.746. The molecule has 0 aliphatic heterocycles. The van der Waals surface area contributed by atoms with Crippen LogP contribution in [0, 0.1) is 18.3 Å². The molecule has 0 unspecified atom stereocenters. The van der Waals surface area contributed by atoms with Crippen molar-refractivity contribution in [3.63, 3.8) is 0 Å². The van der Waals surface area contributed by atoms with Gasteiger partial charge in [-0.05, 0) is 17.4 Å². The fourth-order valence-corrected chi connectivity index (χ4v) is 0.612. The van der Waals surface area contributed by atoms with Crippen molar-refractivity contribution in [3.8, 4) is 6.07 Å². The summed E-state index contributed by atoms with van der Waals surface area (Å²) >= 11 is 0. The maximum Gasteiger partial charge on any atom is 0.148 e. The van der Waals surface area contributed by atoms with Gasteiger partial charge in [-0.3, -0.25) is 0 Å². The van der Waals surface area contributed by atoms with Gasteiger partial charge in [0.15, 0.2) is 0 Å². The zero-order valence-corrected chi connectivity index (χ0v) is 5.65. The van der Waals surface area contributed by atoms with Gasteiger partial charge in [0.05, 0.1) is 19.0 Å². The van der Waals surface area contributed by atoms with Gasteiger partial charge in [0.2, 0.25) is 0 Å². The molecule has 0 aliphatic carbocycles. The van der Waals surface area contributed by atoms with Gasteiger partial charge in [-0.1, -0.05) is 0 Å². The standard InChI is InChI=1S/C5H7N5/c1-5-7-8-9-10(5)4-2-3-6/h2,4H2,1H3. The number of rotatable bonds is 2. The van der Waals surface area contributed by atoms with Crippen LogP contribution in [0.3, 0.4) is 0 Å². The number of nitrogens with zero attached hydrogens (tertiary/aromatic N) is 5. The van der Waals surface area contributed by atoms with Gasteiger partial charge in [-0.15, -0.1) is 5.10 Å². The summed E-state index contributed by atoms with van der Waals surface area (Å²) in [6, 6.07) is 2.02. The van der Waals surface area contributed by atoms with E-state index in [1.54, 1.807) is 11.6 Å². The Hall–Kier alpha value is -1.44. The van der Waals surface area contributed by atoms with Crippen molar-refractivity contribution in [2.24, 2.45) is 0 Å². The topological polar surface area (TPSA) is 67.4 Å². The van der Waals surface area contributed by atoms with Crippen molar-refractivity contribution in [3.05, 3.63) is 5.82 Å². The van der Waals surface area contributed by atoms with Gasteiger partial charge >= 0.3 is 0 Å². The highest BCUT2D eigenvalue weighted by Gasteiger charge is 1.96. The van der Waals surface area contributed by atoms with Gasteiger partial charge in [-0.25, -0.2) is 4.68 Å². The van der Waals surface area contributed by atoms with E-state index in [2.05, 4.69) is 15.5 Å². The molecule has 0 amide bonds. The minimum absolute atomic E-state index is 0.450. The second-order valence-corrected chi connectivity index (χ2v) is 1.86. The van der Waals surface area contributed by atoms with Crippen LogP contribution in [-0.2, 0) is 6.54 Å². The molecule has 0 spiro atoms. The van der Waals surface area contributed by atoms with Crippen molar-refractivity contribution in [1.82, 2.24) is 20.2 Å². The summed E-state index contributed by atoms with van der Waals surface area (Å²) in [6.07, 6.45) is 0.450. The first-order chi connectivity index (χ1) is 4.84. The van der Waals surface area contributed by atoms with E-state index < -0.39 is 0 Å². The van der Waals surface area contributed by atoms with Crippen LogP contribution in [0.2, 0.25) is 0 Å². The summed E-state index contributed by atoms with van der Waals surface area (Å²) in [6.45, 7) is 2.38. The van der Waals surface area contributed by atoms with Crippen LogP contribution in [0.15, 0.2) is 0 Å². The average molecular weight is 137 g/mol. The van der Waals surface area contributed by atoms with Gasteiger partial charge in [0, 0.05) is 0 Å². The van der Waals surface area contributed by atoms with E-state index in [4.69, 9.17) is 5.26 Å². The van der Waals surface area contributed by atoms with Crippen molar-refractivity contribution >= 4 is 0 Å². The lowest BCUT2D eigenvalue weighted by atomic mass is 10.5. The zero-order chi connectivity index (χ0) is 7.40. The number of hydrogen-bond donors (Lipinski definition) is 0. The Bertz CT molecular complexity index is 245. The molecule has 1 rings (SSSR count).